The Morgan fingerprint density at radius 2 is 0.786 bits per heavy atom. The second kappa shape index (κ2) is 21.8. The van der Waals surface area contributed by atoms with E-state index in [-0.39, 0.29) is 5.41 Å². The molecule has 0 N–H and O–H groups in total. The predicted molar refractivity (Wildman–Crippen MR) is 417 cm³/mol. The van der Waals surface area contributed by atoms with Gasteiger partial charge in [-0.25, -0.2) is 9.97 Å². The molecule has 0 saturated carbocycles. The van der Waals surface area contributed by atoms with E-state index in [0.717, 1.165) is 70.0 Å². The normalized spacial score (nSPS) is 15.5. The molecule has 9 nitrogen and oxygen atoms in total. The molecule has 1 atom stereocenters. The monoisotopic (exact) mass is 1320 g/mol. The highest BCUT2D eigenvalue weighted by Gasteiger charge is 2.54. The summed E-state index contributed by atoms with van der Waals surface area (Å²) in [7, 11) is 0. The van der Waals surface area contributed by atoms with Gasteiger partial charge in [-0.1, -0.05) is 269 Å². The Bertz CT molecular complexity index is 6440. The van der Waals surface area contributed by atoms with Gasteiger partial charge in [-0.3, -0.25) is 9.13 Å². The Balaban J connectivity index is 0.807. The number of nitrogens with zero attached hydrogens (tertiary/aromatic N) is 9. The lowest BCUT2D eigenvalue weighted by Crippen LogP contribution is -2.25. The largest absolute Gasteiger partial charge is 0.309 e. The molecule has 0 saturated heterocycles. The molecule has 1 unspecified atom stereocenters. The van der Waals surface area contributed by atoms with E-state index in [9.17, 15) is 0 Å². The van der Waals surface area contributed by atoms with E-state index in [1.807, 2.05) is 24.3 Å². The molecule has 9 heteroatoms. The fraction of sp³-hybridized carbons (Fsp3) is 0.0851. The van der Waals surface area contributed by atoms with Crippen molar-refractivity contribution in [3.05, 3.63) is 347 Å². The number of para-hydroxylation sites is 1. The first kappa shape index (κ1) is 57.9. The summed E-state index contributed by atoms with van der Waals surface area (Å²) < 4.78 is 7.32. The highest BCUT2D eigenvalue weighted by atomic mass is 15.2. The summed E-state index contributed by atoms with van der Waals surface area (Å²) in [6, 6.07) is 102. The summed E-state index contributed by atoms with van der Waals surface area (Å²) in [5.74, 6) is 3.68. The molecule has 5 aliphatic carbocycles. The molecule has 5 aromatic heterocycles. The SMILES string of the molecule is CC1(C)c2ccccc2-c2cc3c4cc(C5=Cc6c(n(-c7nc(-c8ccccc8)nc(-c8ccccc8)n7)c7c8c(ccc67)C6(c7ccccc7-c7c6ccc6c9c(n(-c%10nc(-c%11ccccc%11)nc(-c%11ccccc%11)n%10)c76)CCC=C9)c6ccccc6-8)CC5)ccc4n(-c4ccccc4)c3cc21. The number of hydrogen-bond donors (Lipinski definition) is 0. The van der Waals surface area contributed by atoms with E-state index in [4.69, 9.17) is 29.9 Å². The van der Waals surface area contributed by atoms with Gasteiger partial charge < -0.3 is 4.57 Å². The highest BCUT2D eigenvalue weighted by Crippen LogP contribution is 2.66. The molecular weight excluding hydrogens is 1260 g/mol. The molecular formula is C94H63N9. The lowest BCUT2D eigenvalue weighted by atomic mass is 9.70. The molecule has 12 aromatic carbocycles. The van der Waals surface area contributed by atoms with Gasteiger partial charge in [-0.2, -0.15) is 19.9 Å². The number of allylic oxidation sites excluding steroid dienone is 2. The summed E-state index contributed by atoms with van der Waals surface area (Å²) in [5.41, 5.74) is 30.8. The van der Waals surface area contributed by atoms with Crippen molar-refractivity contribution in [2.45, 2.75) is 50.4 Å². The van der Waals surface area contributed by atoms with Gasteiger partial charge in [-0.15, -0.1) is 0 Å². The maximum absolute atomic E-state index is 5.64. The van der Waals surface area contributed by atoms with Crippen molar-refractivity contribution in [3.63, 3.8) is 0 Å². The molecule has 103 heavy (non-hydrogen) atoms. The van der Waals surface area contributed by atoms with E-state index < -0.39 is 5.41 Å². The lowest BCUT2D eigenvalue weighted by Gasteiger charge is -2.30. The Hall–Kier alpha value is -13.0. The topological polar surface area (TPSA) is 92.1 Å². The van der Waals surface area contributed by atoms with Crippen LogP contribution in [-0.2, 0) is 23.7 Å². The number of fused-ring (bicyclic) bond motifs is 24. The number of benzene rings is 12. The average molecular weight is 1320 g/mol. The molecule has 17 aromatic rings. The molecule has 0 radical (unpaired) electrons. The van der Waals surface area contributed by atoms with Gasteiger partial charge in [0.15, 0.2) is 23.3 Å². The van der Waals surface area contributed by atoms with Crippen molar-refractivity contribution in [1.29, 1.82) is 0 Å². The van der Waals surface area contributed by atoms with Crippen LogP contribution in [0.25, 0.3) is 158 Å². The first-order valence-corrected chi connectivity index (χ1v) is 35.9. The third kappa shape index (κ3) is 8.18. The summed E-state index contributed by atoms with van der Waals surface area (Å²) in [5, 5.41) is 4.81. The Morgan fingerprint density at radius 3 is 1.33 bits per heavy atom. The molecule has 0 bridgehead atoms. The standard InChI is InChI=1S/C94H63N9/c1-93(2)73-40-22-18-36-63(73)69-54-72-71-53-61(44-50-80(71)101(82(72)55-78(69)93)62-34-16-7-17-35-62)60-45-51-81-70(52-60)66-47-49-77-84(86(66)103(81)92-99-89(58-30-12-5-13-31-58)96-90(100-92)59-32-14-6-15-33-59)68-39-20-24-42-75(68)94(77)74-41-23-19-38-67(74)83-76(94)48-46-65-64-37-21-25-43-79(64)102(85(65)83)91-97-87(56-26-8-3-9-27-56)95-88(98-91)57-28-10-4-11-29-57/h3-24,26-42,44,46-50,52-55H,25,43,45,51H2,1-2H3. The minimum Gasteiger partial charge on any atom is -0.309 e. The molecule has 0 fully saturated rings. The molecule has 0 amide bonds. The van der Waals surface area contributed by atoms with Crippen LogP contribution in [-0.4, -0.2) is 43.6 Å². The summed E-state index contributed by atoms with van der Waals surface area (Å²) in [4.78, 5) is 32.8. The van der Waals surface area contributed by atoms with Crippen LogP contribution in [0.1, 0.15) is 88.1 Å². The first-order chi connectivity index (χ1) is 50.8. The quantitative estimate of drug-likeness (QED) is 0.150. The van der Waals surface area contributed by atoms with Crippen LogP contribution in [0.5, 0.6) is 0 Å². The van der Waals surface area contributed by atoms with E-state index in [0.29, 0.717) is 35.2 Å². The minimum atomic E-state index is -0.762. The van der Waals surface area contributed by atoms with Crippen LogP contribution in [0.2, 0.25) is 0 Å². The molecule has 484 valence electrons. The molecule has 22 rings (SSSR count). The van der Waals surface area contributed by atoms with Crippen LogP contribution < -0.4 is 0 Å². The van der Waals surface area contributed by atoms with Crippen molar-refractivity contribution in [2.24, 2.45) is 0 Å². The third-order valence-electron chi connectivity index (χ3n) is 23.0. The zero-order chi connectivity index (χ0) is 67.8. The van der Waals surface area contributed by atoms with Crippen molar-refractivity contribution < 1.29 is 0 Å². The van der Waals surface area contributed by atoms with Crippen LogP contribution in [0.3, 0.4) is 0 Å². The van der Waals surface area contributed by atoms with Gasteiger partial charge in [0.1, 0.15) is 0 Å². The van der Waals surface area contributed by atoms with Gasteiger partial charge in [-0.05, 0) is 135 Å². The Kier molecular flexibility index (Phi) is 12.2. The van der Waals surface area contributed by atoms with Gasteiger partial charge in [0.25, 0.3) is 0 Å². The van der Waals surface area contributed by atoms with Gasteiger partial charge >= 0.3 is 0 Å². The third-order valence-corrected chi connectivity index (χ3v) is 23.0. The summed E-state index contributed by atoms with van der Waals surface area (Å²) in [6.07, 6.45) is 10.4. The Morgan fingerprint density at radius 1 is 0.320 bits per heavy atom. The summed E-state index contributed by atoms with van der Waals surface area (Å²) >= 11 is 0. The first-order valence-electron chi connectivity index (χ1n) is 35.9. The second-order valence-electron chi connectivity index (χ2n) is 28.6. The zero-order valence-electron chi connectivity index (χ0n) is 56.6. The van der Waals surface area contributed by atoms with E-state index in [1.54, 1.807) is 0 Å². The summed E-state index contributed by atoms with van der Waals surface area (Å²) in [6.45, 7) is 4.76. The van der Waals surface area contributed by atoms with Gasteiger partial charge in [0.05, 0.1) is 27.5 Å². The minimum absolute atomic E-state index is 0.147. The highest BCUT2D eigenvalue weighted by molar-refractivity contribution is 6.15. The van der Waals surface area contributed by atoms with E-state index >= 15 is 0 Å². The van der Waals surface area contributed by atoms with Crippen LogP contribution in [0.4, 0.5) is 0 Å². The van der Waals surface area contributed by atoms with Gasteiger partial charge in [0, 0.05) is 88.5 Å². The van der Waals surface area contributed by atoms with Crippen LogP contribution in [0.15, 0.2) is 285 Å². The van der Waals surface area contributed by atoms with Crippen molar-refractivity contribution in [1.82, 2.24) is 43.6 Å². The fourth-order valence-electron chi connectivity index (χ4n) is 18.5. The number of aromatic nitrogens is 9. The number of hydrogen-bond acceptors (Lipinski definition) is 6. The zero-order valence-corrected chi connectivity index (χ0v) is 56.6. The van der Waals surface area contributed by atoms with Crippen molar-refractivity contribution >= 4 is 61.3 Å². The van der Waals surface area contributed by atoms with Crippen molar-refractivity contribution in [2.75, 3.05) is 0 Å². The van der Waals surface area contributed by atoms with Crippen LogP contribution in [0, 0.1) is 0 Å². The van der Waals surface area contributed by atoms with Crippen molar-refractivity contribution in [3.8, 4) is 96.5 Å². The second-order valence-corrected chi connectivity index (χ2v) is 28.6. The number of rotatable bonds is 8. The predicted octanol–water partition coefficient (Wildman–Crippen LogP) is 21.8. The maximum Gasteiger partial charge on any atom is 0.238 e. The smallest absolute Gasteiger partial charge is 0.238 e. The van der Waals surface area contributed by atoms with Gasteiger partial charge in [0.2, 0.25) is 11.9 Å². The van der Waals surface area contributed by atoms with E-state index in [2.05, 4.69) is 301 Å². The fourth-order valence-corrected chi connectivity index (χ4v) is 18.5. The molecule has 0 aliphatic heterocycles. The molecule has 5 aliphatic rings. The average Bonchev–Trinajstić information content (AvgIpc) is 1.49. The van der Waals surface area contributed by atoms with Crippen LogP contribution >= 0.6 is 0 Å². The Labute approximate surface area is 594 Å². The molecule has 1 spiro atoms. The maximum atomic E-state index is 5.64. The van der Waals surface area contributed by atoms with E-state index in [1.165, 1.54) is 128 Å². The molecule has 5 heterocycles. The lowest BCUT2D eigenvalue weighted by molar-refractivity contribution is 0.661.